The molecule has 0 unspecified atom stereocenters. The van der Waals surface area contributed by atoms with Gasteiger partial charge in [-0.1, -0.05) is 5.22 Å². The van der Waals surface area contributed by atoms with Gasteiger partial charge in [-0.25, -0.2) is 0 Å². The van der Waals surface area contributed by atoms with E-state index in [1.807, 2.05) is 12.1 Å². The Morgan fingerprint density at radius 1 is 1.42 bits per heavy atom. The zero-order valence-electron chi connectivity index (χ0n) is 5.94. The molecule has 3 N–H and O–H groups in total. The molecule has 0 aromatic carbocycles. The third-order valence-corrected chi connectivity index (χ3v) is 1.25. The third-order valence-electron chi connectivity index (χ3n) is 1.25. The Labute approximate surface area is 67.9 Å². The summed E-state index contributed by atoms with van der Waals surface area (Å²) in [6.07, 6.45) is 1.38. The monoisotopic (exact) mass is 160 g/mol. The van der Waals surface area contributed by atoms with E-state index in [-0.39, 0.29) is 16.9 Å². The molecule has 0 amide bonds. The number of nitrogens with zero attached hydrogens (tertiary/aromatic N) is 4. The lowest BCUT2D eigenvalue weighted by atomic mass is 10.2. The fourth-order valence-electron chi connectivity index (χ4n) is 0.750. The summed E-state index contributed by atoms with van der Waals surface area (Å²) in [5.74, 6) is 4.99. The molecule has 1 rings (SSSR count). The van der Waals surface area contributed by atoms with Crippen LogP contribution in [-0.2, 0) is 0 Å². The second-order valence-electron chi connectivity index (χ2n) is 1.87. The van der Waals surface area contributed by atoms with E-state index < -0.39 is 0 Å². The first-order valence-electron chi connectivity index (χ1n) is 2.96. The Hall–Kier alpha value is -2.34. The highest BCUT2D eigenvalue weighted by atomic mass is 15.3. The van der Waals surface area contributed by atoms with Crippen molar-refractivity contribution in [2.45, 2.75) is 0 Å². The summed E-state index contributed by atoms with van der Waals surface area (Å²) in [7, 11) is 0. The van der Waals surface area contributed by atoms with Crippen molar-refractivity contribution in [2.75, 3.05) is 0 Å². The van der Waals surface area contributed by atoms with Crippen LogP contribution in [0.15, 0.2) is 16.5 Å². The summed E-state index contributed by atoms with van der Waals surface area (Å²) in [4.78, 5) is 2.59. The minimum Gasteiger partial charge on any atom is -0.343 e. The molecule has 0 fully saturated rings. The second kappa shape index (κ2) is 3.17. The molecule has 6 heteroatoms. The van der Waals surface area contributed by atoms with Gasteiger partial charge < -0.3 is 10.8 Å². The first-order chi connectivity index (χ1) is 5.83. The molecule has 0 spiro atoms. The predicted molar refractivity (Wildman–Crippen MR) is 38.9 cm³/mol. The molecule has 1 heterocycles. The van der Waals surface area contributed by atoms with Crippen molar-refractivity contribution in [1.82, 2.24) is 4.98 Å². The fourth-order valence-corrected chi connectivity index (χ4v) is 0.750. The van der Waals surface area contributed by atoms with Crippen molar-refractivity contribution < 1.29 is 0 Å². The highest BCUT2D eigenvalue weighted by molar-refractivity contribution is 5.57. The van der Waals surface area contributed by atoms with Gasteiger partial charge in [0.05, 0.1) is 5.56 Å². The Balaban J connectivity index is 3.27. The number of hydrogen-bond acceptors (Lipinski definition) is 4. The second-order valence-corrected chi connectivity index (χ2v) is 1.87. The zero-order valence-corrected chi connectivity index (χ0v) is 5.94. The summed E-state index contributed by atoms with van der Waals surface area (Å²) < 4.78 is 0. The van der Waals surface area contributed by atoms with E-state index in [4.69, 9.17) is 16.4 Å². The average molecular weight is 160 g/mol. The van der Waals surface area contributed by atoms with E-state index in [9.17, 15) is 0 Å². The van der Waals surface area contributed by atoms with Crippen LogP contribution < -0.4 is 5.84 Å². The van der Waals surface area contributed by atoms with Crippen molar-refractivity contribution in [1.29, 1.82) is 10.5 Å². The van der Waals surface area contributed by atoms with Gasteiger partial charge in [0.25, 0.3) is 0 Å². The van der Waals surface area contributed by atoms with Crippen LogP contribution in [0, 0.1) is 22.7 Å². The Kier molecular flexibility index (Phi) is 2.05. The van der Waals surface area contributed by atoms with Crippen molar-refractivity contribution in [2.24, 2.45) is 16.2 Å². The van der Waals surface area contributed by atoms with Gasteiger partial charge in [-0.2, -0.15) is 10.5 Å². The molecule has 0 saturated carbocycles. The maximum Gasteiger partial charge on any atom is 0.173 e. The first kappa shape index (κ1) is 7.76. The summed E-state index contributed by atoms with van der Waals surface area (Å²) in [5.41, 5.74) is 0.395. The van der Waals surface area contributed by atoms with Gasteiger partial charge in [0.1, 0.15) is 17.7 Å². The van der Waals surface area contributed by atoms with Crippen LogP contribution in [0.5, 0.6) is 0 Å². The average Bonchev–Trinajstić information content (AvgIpc) is 2.47. The van der Waals surface area contributed by atoms with Crippen molar-refractivity contribution in [3.63, 3.8) is 0 Å². The summed E-state index contributed by atoms with van der Waals surface area (Å²) in [6, 6.07) is 3.65. The van der Waals surface area contributed by atoms with E-state index >= 15 is 0 Å². The van der Waals surface area contributed by atoms with Crippen LogP contribution in [0.1, 0.15) is 11.1 Å². The van der Waals surface area contributed by atoms with Crippen molar-refractivity contribution >= 4 is 5.82 Å². The zero-order chi connectivity index (χ0) is 8.97. The molecular formula is C6H4N6. The van der Waals surface area contributed by atoms with Gasteiger partial charge in [-0.05, 0) is 0 Å². The summed E-state index contributed by atoms with van der Waals surface area (Å²) in [5, 5.41) is 23.5. The molecular weight excluding hydrogens is 156 g/mol. The lowest BCUT2D eigenvalue weighted by Gasteiger charge is -1.83. The number of aromatic nitrogens is 1. The van der Waals surface area contributed by atoms with Gasteiger partial charge in [0.15, 0.2) is 5.82 Å². The maximum absolute atomic E-state index is 8.58. The Morgan fingerprint density at radius 2 is 2.17 bits per heavy atom. The molecule has 0 aliphatic rings. The molecule has 0 saturated heterocycles. The number of rotatable bonds is 1. The highest BCUT2D eigenvalue weighted by Crippen LogP contribution is 2.19. The molecule has 0 radical (unpaired) electrons. The van der Waals surface area contributed by atoms with E-state index in [2.05, 4.69) is 15.3 Å². The third kappa shape index (κ3) is 1.09. The summed E-state index contributed by atoms with van der Waals surface area (Å²) in [6.45, 7) is 0. The van der Waals surface area contributed by atoms with Gasteiger partial charge in [-0.15, -0.1) is 5.11 Å². The quantitative estimate of drug-likeness (QED) is 0.358. The Bertz CT molecular complexity index is 387. The Morgan fingerprint density at radius 3 is 2.67 bits per heavy atom. The minimum atomic E-state index is 0.159. The van der Waals surface area contributed by atoms with E-state index in [0.717, 1.165) is 0 Å². The van der Waals surface area contributed by atoms with Crippen LogP contribution >= 0.6 is 0 Å². The predicted octanol–water partition coefficient (Wildman–Crippen LogP) is 0.715. The standard InChI is InChI=1S/C6H4N6/c7-1-4-3-10-6(11-12-9)5(4)2-8/h3,10H,(H2,9,11). The van der Waals surface area contributed by atoms with Gasteiger partial charge >= 0.3 is 0 Å². The molecule has 1 aromatic heterocycles. The largest absolute Gasteiger partial charge is 0.343 e. The van der Waals surface area contributed by atoms with Crippen molar-refractivity contribution in [3.8, 4) is 12.1 Å². The van der Waals surface area contributed by atoms with Crippen LogP contribution in [-0.4, -0.2) is 4.98 Å². The lowest BCUT2D eigenvalue weighted by Crippen LogP contribution is -1.77. The number of nitrogens with one attached hydrogen (secondary N) is 1. The number of hydrogen-bond donors (Lipinski definition) is 2. The molecule has 6 nitrogen and oxygen atoms in total. The minimum absolute atomic E-state index is 0.159. The molecule has 1 aromatic rings. The number of aromatic amines is 1. The maximum atomic E-state index is 8.58. The van der Waals surface area contributed by atoms with E-state index in [1.165, 1.54) is 6.20 Å². The smallest absolute Gasteiger partial charge is 0.173 e. The molecule has 58 valence electrons. The van der Waals surface area contributed by atoms with Crippen LogP contribution in [0.4, 0.5) is 5.82 Å². The van der Waals surface area contributed by atoms with Crippen LogP contribution in [0.25, 0.3) is 0 Å². The lowest BCUT2D eigenvalue weighted by molar-refractivity contribution is 1.04. The molecule has 0 bridgehead atoms. The van der Waals surface area contributed by atoms with E-state index in [1.54, 1.807) is 0 Å². The fraction of sp³-hybridized carbons (Fsp3) is 0. The molecule has 0 aliphatic carbocycles. The van der Waals surface area contributed by atoms with Crippen molar-refractivity contribution in [3.05, 3.63) is 17.3 Å². The van der Waals surface area contributed by atoms with Gasteiger partial charge in [0, 0.05) is 6.20 Å². The SMILES string of the molecule is N#Cc1c[nH]c(N=NN)c1C#N. The number of H-pyrrole nitrogens is 1. The number of nitriles is 2. The molecule has 0 aliphatic heterocycles. The highest BCUT2D eigenvalue weighted by Gasteiger charge is 2.09. The van der Waals surface area contributed by atoms with E-state index in [0.29, 0.717) is 0 Å². The molecule has 0 atom stereocenters. The van der Waals surface area contributed by atoms with Crippen LogP contribution in [0.2, 0.25) is 0 Å². The summed E-state index contributed by atoms with van der Waals surface area (Å²) >= 11 is 0. The normalized spacial score (nSPS) is 9.50. The van der Waals surface area contributed by atoms with Gasteiger partial charge in [-0.3, -0.25) is 0 Å². The topological polar surface area (TPSA) is 114 Å². The number of nitrogens with two attached hydrogens (primary N) is 1. The van der Waals surface area contributed by atoms with Crippen LogP contribution in [0.3, 0.4) is 0 Å². The molecule has 12 heavy (non-hydrogen) atoms. The first-order valence-corrected chi connectivity index (χ1v) is 2.96. The van der Waals surface area contributed by atoms with Gasteiger partial charge in [0.2, 0.25) is 0 Å².